The van der Waals surface area contributed by atoms with Gasteiger partial charge in [-0.25, -0.2) is 0 Å². The van der Waals surface area contributed by atoms with Crippen LogP contribution in [-0.4, -0.2) is 55.4 Å². The molecule has 224 valence electrons. The standard InChI is InChI=1S/C28H28ClNO3S.C4H4BClO2S/c1-31-23-10-12-24-20(19-23)5-11-25(26-13-14-27(29)34-26)28(24)33-22-8-6-21(7-9-22)32-18-17-30-15-3-2-4-16-30;6-4-2-1-3(9-4)5(7)8/h5-14,19H,2-4,15-18H2,1H3;1-2,7-8H. The van der Waals surface area contributed by atoms with Crippen molar-refractivity contribution in [2.75, 3.05) is 33.4 Å². The van der Waals surface area contributed by atoms with Crippen LogP contribution in [0.25, 0.3) is 21.2 Å². The van der Waals surface area contributed by atoms with Gasteiger partial charge in [0.05, 0.1) is 15.8 Å². The highest BCUT2D eigenvalue weighted by molar-refractivity contribution is 7.25. The zero-order chi connectivity index (χ0) is 30.2. The molecular formula is C32H32BCl2NO5S2. The predicted octanol–water partition coefficient (Wildman–Crippen LogP) is 7.97. The molecule has 1 aliphatic heterocycles. The van der Waals surface area contributed by atoms with E-state index in [2.05, 4.69) is 17.0 Å². The van der Waals surface area contributed by atoms with Gasteiger partial charge in [0.25, 0.3) is 0 Å². The molecule has 6 nitrogen and oxygen atoms in total. The normalized spacial score (nSPS) is 13.3. The van der Waals surface area contributed by atoms with Gasteiger partial charge in [-0.3, -0.25) is 4.90 Å². The molecule has 2 N–H and O–H groups in total. The quantitative estimate of drug-likeness (QED) is 0.157. The molecule has 43 heavy (non-hydrogen) atoms. The Kier molecular flexibility index (Phi) is 11.3. The van der Waals surface area contributed by atoms with Crippen molar-refractivity contribution in [2.24, 2.45) is 0 Å². The zero-order valence-electron chi connectivity index (χ0n) is 23.7. The third kappa shape index (κ3) is 8.67. The molecule has 6 rings (SSSR count). The van der Waals surface area contributed by atoms with Gasteiger partial charge >= 0.3 is 7.12 Å². The Morgan fingerprint density at radius 3 is 2.12 bits per heavy atom. The molecule has 1 aliphatic rings. The van der Waals surface area contributed by atoms with E-state index in [1.165, 1.54) is 32.4 Å². The predicted molar refractivity (Wildman–Crippen MR) is 180 cm³/mol. The summed E-state index contributed by atoms with van der Waals surface area (Å²) in [6.07, 6.45) is 3.95. The van der Waals surface area contributed by atoms with Crippen LogP contribution in [-0.2, 0) is 0 Å². The first kappa shape index (κ1) is 31.7. The van der Waals surface area contributed by atoms with Gasteiger partial charge in [0.2, 0.25) is 0 Å². The van der Waals surface area contributed by atoms with Gasteiger partial charge < -0.3 is 24.3 Å². The van der Waals surface area contributed by atoms with Crippen LogP contribution in [0.5, 0.6) is 23.0 Å². The summed E-state index contributed by atoms with van der Waals surface area (Å²) in [5, 5.41) is 19.2. The number of thiophene rings is 2. The molecule has 11 heteroatoms. The number of ether oxygens (including phenoxy) is 3. The number of halogens is 2. The van der Waals surface area contributed by atoms with Crippen LogP contribution in [0.15, 0.2) is 78.9 Å². The maximum Gasteiger partial charge on any atom is 0.499 e. The molecule has 0 saturated carbocycles. The van der Waals surface area contributed by atoms with Crippen LogP contribution in [0, 0.1) is 0 Å². The SMILES string of the molecule is COc1ccc2c(Oc3ccc(OCCN4CCCCC4)cc3)c(-c3ccc(Cl)s3)ccc2c1.OB(O)c1ccc(Cl)s1. The van der Waals surface area contributed by atoms with Crippen molar-refractivity contribution in [3.05, 3.63) is 87.5 Å². The fourth-order valence-electron chi connectivity index (χ4n) is 4.83. The second-order valence-electron chi connectivity index (χ2n) is 9.97. The molecule has 0 atom stereocenters. The first-order valence-corrected chi connectivity index (χ1v) is 16.4. The van der Waals surface area contributed by atoms with Crippen molar-refractivity contribution in [1.82, 2.24) is 4.90 Å². The van der Waals surface area contributed by atoms with Crippen molar-refractivity contribution in [2.45, 2.75) is 19.3 Å². The average molecular weight is 656 g/mol. The minimum atomic E-state index is -1.39. The Labute approximate surface area is 270 Å². The summed E-state index contributed by atoms with van der Waals surface area (Å²) in [6, 6.07) is 25.2. The van der Waals surface area contributed by atoms with Gasteiger partial charge in [-0.1, -0.05) is 41.8 Å². The highest BCUT2D eigenvalue weighted by atomic mass is 35.5. The minimum Gasteiger partial charge on any atom is -0.497 e. The number of benzene rings is 3. The Hall–Kier alpha value is -2.76. The molecule has 0 spiro atoms. The van der Waals surface area contributed by atoms with Gasteiger partial charge in [-0.2, -0.15) is 0 Å². The highest BCUT2D eigenvalue weighted by Gasteiger charge is 2.16. The Morgan fingerprint density at radius 1 is 0.791 bits per heavy atom. The molecule has 0 bridgehead atoms. The molecule has 5 aromatic rings. The lowest BCUT2D eigenvalue weighted by molar-refractivity contribution is 0.183. The Bertz CT molecular complexity index is 1620. The summed E-state index contributed by atoms with van der Waals surface area (Å²) >= 11 is 14.4. The Balaban J connectivity index is 0.000000351. The van der Waals surface area contributed by atoms with E-state index >= 15 is 0 Å². The van der Waals surface area contributed by atoms with Crippen molar-refractivity contribution >= 4 is 68.5 Å². The lowest BCUT2D eigenvalue weighted by atomic mass is 9.90. The Morgan fingerprint density at radius 2 is 1.49 bits per heavy atom. The molecule has 0 aliphatic carbocycles. The molecular weight excluding hydrogens is 624 g/mol. The molecule has 3 heterocycles. The largest absolute Gasteiger partial charge is 0.499 e. The minimum absolute atomic E-state index is 0.472. The summed E-state index contributed by atoms with van der Waals surface area (Å²) in [5.74, 6) is 3.24. The molecule has 0 radical (unpaired) electrons. The average Bonchev–Trinajstić information content (AvgIpc) is 3.67. The van der Waals surface area contributed by atoms with E-state index in [0.29, 0.717) is 15.7 Å². The van der Waals surface area contributed by atoms with E-state index in [9.17, 15) is 0 Å². The van der Waals surface area contributed by atoms with Crippen molar-refractivity contribution in [1.29, 1.82) is 0 Å². The summed E-state index contributed by atoms with van der Waals surface area (Å²) in [5.41, 5.74) is 1.01. The fourth-order valence-corrected chi connectivity index (χ4v) is 6.83. The van der Waals surface area contributed by atoms with E-state index in [1.54, 1.807) is 30.6 Å². The van der Waals surface area contributed by atoms with Crippen molar-refractivity contribution in [3.63, 3.8) is 0 Å². The molecule has 1 fully saturated rings. The van der Waals surface area contributed by atoms with Gasteiger partial charge in [0.1, 0.15) is 29.6 Å². The fraction of sp³-hybridized carbons (Fsp3) is 0.250. The summed E-state index contributed by atoms with van der Waals surface area (Å²) in [4.78, 5) is 3.55. The first-order valence-electron chi connectivity index (χ1n) is 14.0. The van der Waals surface area contributed by atoms with E-state index in [1.807, 2.05) is 54.6 Å². The van der Waals surface area contributed by atoms with Crippen LogP contribution >= 0.6 is 45.9 Å². The summed E-state index contributed by atoms with van der Waals surface area (Å²) in [6.45, 7) is 4.05. The third-order valence-electron chi connectivity index (χ3n) is 7.03. The van der Waals surface area contributed by atoms with Crippen LogP contribution in [0.3, 0.4) is 0 Å². The van der Waals surface area contributed by atoms with E-state index in [4.69, 9.17) is 47.5 Å². The number of methoxy groups -OCH3 is 1. The number of nitrogens with zero attached hydrogens (tertiary/aromatic N) is 1. The van der Waals surface area contributed by atoms with Crippen LogP contribution in [0.4, 0.5) is 0 Å². The molecule has 0 amide bonds. The maximum absolute atomic E-state index is 8.54. The summed E-state index contributed by atoms with van der Waals surface area (Å²) < 4.78 is 19.7. The smallest absolute Gasteiger partial charge is 0.497 e. The number of likely N-dealkylation sites (tertiary alicyclic amines) is 1. The molecule has 3 aromatic carbocycles. The van der Waals surface area contributed by atoms with E-state index < -0.39 is 7.12 Å². The van der Waals surface area contributed by atoms with Crippen LogP contribution in [0.2, 0.25) is 8.67 Å². The molecule has 2 aromatic heterocycles. The number of hydrogen-bond acceptors (Lipinski definition) is 8. The second kappa shape index (κ2) is 15.3. The number of rotatable bonds is 9. The lowest BCUT2D eigenvalue weighted by Gasteiger charge is -2.26. The van der Waals surface area contributed by atoms with Crippen LogP contribution in [0.1, 0.15) is 19.3 Å². The van der Waals surface area contributed by atoms with Crippen molar-refractivity contribution < 1.29 is 24.3 Å². The van der Waals surface area contributed by atoms with Crippen molar-refractivity contribution in [3.8, 4) is 33.4 Å². The highest BCUT2D eigenvalue weighted by Crippen LogP contribution is 2.43. The topological polar surface area (TPSA) is 71.4 Å². The maximum atomic E-state index is 8.54. The number of piperidine rings is 1. The van der Waals surface area contributed by atoms with Gasteiger partial charge in [0, 0.05) is 27.1 Å². The third-order valence-corrected chi connectivity index (χ3v) is 9.57. The second-order valence-corrected chi connectivity index (χ2v) is 13.4. The lowest BCUT2D eigenvalue weighted by Crippen LogP contribution is -2.33. The first-order chi connectivity index (χ1) is 20.9. The number of fused-ring (bicyclic) bond motifs is 1. The van der Waals surface area contributed by atoms with E-state index in [0.717, 1.165) is 66.4 Å². The zero-order valence-corrected chi connectivity index (χ0v) is 26.8. The monoisotopic (exact) mass is 655 g/mol. The van der Waals surface area contributed by atoms with Gasteiger partial charge in [-0.15, -0.1) is 22.7 Å². The number of hydrogen-bond donors (Lipinski definition) is 2. The van der Waals surface area contributed by atoms with Gasteiger partial charge in [-0.05, 0) is 98.0 Å². The van der Waals surface area contributed by atoms with E-state index in [-0.39, 0.29) is 0 Å². The molecule has 0 unspecified atom stereocenters. The van der Waals surface area contributed by atoms with Gasteiger partial charge in [0.15, 0.2) is 0 Å². The van der Waals surface area contributed by atoms with Crippen LogP contribution < -0.4 is 19.0 Å². The summed E-state index contributed by atoms with van der Waals surface area (Å²) in [7, 11) is 0.291. The molecule has 1 saturated heterocycles.